The highest BCUT2D eigenvalue weighted by Crippen LogP contribution is 2.33. The highest BCUT2D eigenvalue weighted by Gasteiger charge is 2.39. The fourth-order valence-electron chi connectivity index (χ4n) is 1.63. The second-order valence-electron chi connectivity index (χ2n) is 4.07. The number of rotatable bonds is 3. The van der Waals surface area contributed by atoms with Crippen molar-refractivity contribution in [2.24, 2.45) is 0 Å². The zero-order valence-electron chi connectivity index (χ0n) is 11.1. The summed E-state index contributed by atoms with van der Waals surface area (Å²) in [6.45, 7) is 0. The van der Waals surface area contributed by atoms with Crippen molar-refractivity contribution in [2.45, 2.75) is 6.18 Å². The van der Waals surface area contributed by atoms with Gasteiger partial charge in [-0.15, -0.1) is 0 Å². The largest absolute Gasteiger partial charge is 0.465 e. The second-order valence-corrected chi connectivity index (χ2v) is 4.07. The molecule has 0 aliphatic heterocycles. The topological polar surface area (TPSA) is 65.7 Å². The predicted molar refractivity (Wildman–Crippen MR) is 66.5 cm³/mol. The summed E-state index contributed by atoms with van der Waals surface area (Å²) in [7, 11) is 1.20. The van der Waals surface area contributed by atoms with Gasteiger partial charge in [0, 0.05) is 0 Å². The van der Waals surface area contributed by atoms with Gasteiger partial charge in [0.1, 0.15) is 11.3 Å². The average molecular weight is 314 g/mol. The Bertz CT molecular complexity index is 685. The van der Waals surface area contributed by atoms with E-state index < -0.39 is 29.4 Å². The smallest absolute Gasteiger partial charge is 0.450 e. The van der Waals surface area contributed by atoms with Crippen molar-refractivity contribution < 1.29 is 36.7 Å². The van der Waals surface area contributed by atoms with Gasteiger partial charge in [-0.25, -0.2) is 9.59 Å². The molecular formula is C14H9F3O5. The lowest BCUT2D eigenvalue weighted by atomic mass is 10.2. The third-order valence-electron chi connectivity index (χ3n) is 2.63. The van der Waals surface area contributed by atoms with Gasteiger partial charge < -0.3 is 13.9 Å². The summed E-state index contributed by atoms with van der Waals surface area (Å²) in [6, 6.07) is 6.02. The number of furan rings is 1. The minimum atomic E-state index is -4.80. The van der Waals surface area contributed by atoms with E-state index in [4.69, 9.17) is 4.74 Å². The molecule has 0 atom stereocenters. The molecule has 0 bridgehead atoms. The van der Waals surface area contributed by atoms with Crippen LogP contribution in [0.4, 0.5) is 13.2 Å². The van der Waals surface area contributed by atoms with Crippen molar-refractivity contribution >= 4 is 11.9 Å². The van der Waals surface area contributed by atoms with Crippen LogP contribution in [0.2, 0.25) is 0 Å². The second kappa shape index (κ2) is 5.92. The van der Waals surface area contributed by atoms with Crippen LogP contribution in [0.1, 0.15) is 26.5 Å². The summed E-state index contributed by atoms with van der Waals surface area (Å²) in [5.41, 5.74) is -0.522. The maximum absolute atomic E-state index is 12.6. The molecule has 0 spiro atoms. The van der Waals surface area contributed by atoms with Crippen LogP contribution in [-0.4, -0.2) is 19.0 Å². The van der Waals surface area contributed by atoms with E-state index >= 15 is 0 Å². The summed E-state index contributed by atoms with van der Waals surface area (Å²) >= 11 is 0. The molecule has 1 aromatic heterocycles. The Kier molecular flexibility index (Phi) is 4.20. The molecule has 0 saturated carbocycles. The number of alkyl halides is 3. The first-order chi connectivity index (χ1) is 10.3. The molecule has 1 heterocycles. The van der Waals surface area contributed by atoms with E-state index in [2.05, 4.69) is 9.15 Å². The van der Waals surface area contributed by atoms with Gasteiger partial charge in [-0.2, -0.15) is 13.2 Å². The third kappa shape index (κ3) is 3.27. The number of methoxy groups -OCH3 is 1. The van der Waals surface area contributed by atoms with Gasteiger partial charge in [-0.05, 0) is 30.3 Å². The molecule has 2 rings (SSSR count). The number of carbonyl (C=O) groups excluding carboxylic acids is 2. The lowest BCUT2D eigenvalue weighted by Crippen LogP contribution is -2.15. The van der Waals surface area contributed by atoms with Gasteiger partial charge in [-0.3, -0.25) is 0 Å². The van der Waals surface area contributed by atoms with Crippen molar-refractivity contribution in [3.63, 3.8) is 0 Å². The summed E-state index contributed by atoms with van der Waals surface area (Å²) in [6.07, 6.45) is -4.05. The van der Waals surface area contributed by atoms with E-state index in [1.165, 1.54) is 31.4 Å². The van der Waals surface area contributed by atoms with Gasteiger partial charge >= 0.3 is 18.1 Å². The number of hydrogen-bond donors (Lipinski definition) is 0. The van der Waals surface area contributed by atoms with Gasteiger partial charge in [0.25, 0.3) is 0 Å². The molecule has 0 aliphatic rings. The van der Waals surface area contributed by atoms with Crippen LogP contribution >= 0.6 is 0 Å². The maximum Gasteiger partial charge on any atom is 0.450 e. The number of esters is 2. The summed E-state index contributed by atoms with van der Waals surface area (Å²) in [5, 5.41) is 0. The SMILES string of the molecule is COC(=O)c1ccc(OC(=O)c2ccoc2C(F)(F)F)cc1. The molecule has 0 amide bonds. The van der Waals surface area contributed by atoms with E-state index in [9.17, 15) is 22.8 Å². The summed E-state index contributed by atoms with van der Waals surface area (Å²) < 4.78 is 51.4. The monoisotopic (exact) mass is 314 g/mol. The Morgan fingerprint density at radius 1 is 1.05 bits per heavy atom. The Balaban J connectivity index is 2.16. The van der Waals surface area contributed by atoms with Gasteiger partial charge in [0.05, 0.1) is 18.9 Å². The fourth-order valence-corrected chi connectivity index (χ4v) is 1.63. The Labute approximate surface area is 122 Å². The number of benzene rings is 1. The molecule has 22 heavy (non-hydrogen) atoms. The first kappa shape index (κ1) is 15.6. The van der Waals surface area contributed by atoms with Gasteiger partial charge in [0.15, 0.2) is 0 Å². The summed E-state index contributed by atoms with van der Waals surface area (Å²) in [4.78, 5) is 23.0. The predicted octanol–water partition coefficient (Wildman–Crippen LogP) is 3.30. The lowest BCUT2D eigenvalue weighted by Gasteiger charge is -2.07. The maximum atomic E-state index is 12.6. The molecule has 0 N–H and O–H groups in total. The van der Waals surface area contributed by atoms with E-state index in [0.29, 0.717) is 0 Å². The van der Waals surface area contributed by atoms with E-state index in [1.807, 2.05) is 0 Å². The zero-order chi connectivity index (χ0) is 16.3. The van der Waals surface area contributed by atoms with Crippen LogP contribution in [0.5, 0.6) is 5.75 Å². The van der Waals surface area contributed by atoms with Crippen molar-refractivity contribution in [1.82, 2.24) is 0 Å². The van der Waals surface area contributed by atoms with Crippen LogP contribution in [0.25, 0.3) is 0 Å². The molecule has 0 unspecified atom stereocenters. The molecule has 0 aliphatic carbocycles. The molecular weight excluding hydrogens is 305 g/mol. The molecule has 8 heteroatoms. The van der Waals surface area contributed by atoms with Crippen molar-refractivity contribution in [3.05, 3.63) is 53.5 Å². The Morgan fingerprint density at radius 2 is 1.68 bits per heavy atom. The van der Waals surface area contributed by atoms with Crippen LogP contribution < -0.4 is 4.74 Å². The third-order valence-corrected chi connectivity index (χ3v) is 2.63. The molecule has 0 fully saturated rings. The van der Waals surface area contributed by atoms with Gasteiger partial charge in [0.2, 0.25) is 5.76 Å². The summed E-state index contributed by atoms with van der Waals surface area (Å²) in [5.74, 6) is -3.25. The number of ether oxygens (including phenoxy) is 2. The molecule has 0 radical (unpaired) electrons. The minimum Gasteiger partial charge on any atom is -0.465 e. The van der Waals surface area contributed by atoms with Crippen molar-refractivity contribution in [1.29, 1.82) is 0 Å². The highest BCUT2D eigenvalue weighted by atomic mass is 19.4. The van der Waals surface area contributed by atoms with Crippen LogP contribution in [0.3, 0.4) is 0 Å². The zero-order valence-corrected chi connectivity index (χ0v) is 11.1. The molecule has 0 saturated heterocycles. The fraction of sp³-hybridized carbons (Fsp3) is 0.143. The van der Waals surface area contributed by atoms with Crippen LogP contribution in [0, 0.1) is 0 Å². The van der Waals surface area contributed by atoms with Gasteiger partial charge in [-0.1, -0.05) is 0 Å². The normalized spacial score (nSPS) is 11.1. The van der Waals surface area contributed by atoms with E-state index in [0.717, 1.165) is 12.3 Å². The molecule has 116 valence electrons. The van der Waals surface area contributed by atoms with E-state index in [1.54, 1.807) is 0 Å². The molecule has 5 nitrogen and oxygen atoms in total. The first-order valence-corrected chi connectivity index (χ1v) is 5.88. The number of carbonyl (C=O) groups is 2. The lowest BCUT2D eigenvalue weighted by molar-refractivity contribution is -0.153. The molecule has 1 aromatic carbocycles. The quantitative estimate of drug-likeness (QED) is 0.642. The van der Waals surface area contributed by atoms with Crippen molar-refractivity contribution in [3.8, 4) is 5.75 Å². The minimum absolute atomic E-state index is 0.0213. The Hall–Kier alpha value is -2.77. The van der Waals surface area contributed by atoms with E-state index in [-0.39, 0.29) is 11.3 Å². The van der Waals surface area contributed by atoms with Crippen LogP contribution in [0.15, 0.2) is 41.0 Å². The average Bonchev–Trinajstić information content (AvgIpc) is 2.97. The Morgan fingerprint density at radius 3 is 2.23 bits per heavy atom. The standard InChI is InChI=1S/C14H9F3O5/c1-20-12(18)8-2-4-9(5-3-8)22-13(19)10-6-7-21-11(10)14(15,16)17/h2-7H,1H3. The number of hydrogen-bond acceptors (Lipinski definition) is 5. The number of halogens is 3. The van der Waals surface area contributed by atoms with Crippen molar-refractivity contribution in [2.75, 3.05) is 7.11 Å². The first-order valence-electron chi connectivity index (χ1n) is 5.88. The highest BCUT2D eigenvalue weighted by molar-refractivity contribution is 5.92. The molecule has 2 aromatic rings. The van der Waals surface area contributed by atoms with Crippen LogP contribution in [-0.2, 0) is 10.9 Å².